The molecule has 3 atom stereocenters. The Balaban J connectivity index is 1.61. The van der Waals surface area contributed by atoms with Gasteiger partial charge in [-0.05, 0) is 18.6 Å². The molecule has 1 unspecified atom stereocenters. The molecule has 3 rings (SSSR count). The molecule has 1 N–H and O–H groups in total. The van der Waals surface area contributed by atoms with Gasteiger partial charge in [0.15, 0.2) is 5.82 Å². The first-order chi connectivity index (χ1) is 9.33. The van der Waals surface area contributed by atoms with Gasteiger partial charge in [0.25, 0.3) is 0 Å². The lowest BCUT2D eigenvalue weighted by Gasteiger charge is -2.26. The van der Waals surface area contributed by atoms with E-state index in [9.17, 15) is 4.39 Å². The van der Waals surface area contributed by atoms with Crippen molar-refractivity contribution in [1.82, 2.24) is 15.5 Å². The Morgan fingerprint density at radius 3 is 3.21 bits per heavy atom. The van der Waals surface area contributed by atoms with Gasteiger partial charge in [0, 0.05) is 37.9 Å². The van der Waals surface area contributed by atoms with Gasteiger partial charge in [-0.25, -0.2) is 4.39 Å². The Labute approximate surface area is 112 Å². The van der Waals surface area contributed by atoms with Gasteiger partial charge in [-0.15, -0.1) is 5.10 Å². The second-order valence-corrected chi connectivity index (χ2v) is 5.19. The molecule has 1 aromatic heterocycles. The van der Waals surface area contributed by atoms with Crippen LogP contribution < -0.4 is 10.2 Å². The minimum atomic E-state index is -0.784. The molecule has 0 saturated carbocycles. The lowest BCUT2D eigenvalue weighted by molar-refractivity contribution is 0.189. The van der Waals surface area contributed by atoms with Gasteiger partial charge in [-0.3, -0.25) is 0 Å². The fraction of sp³-hybridized carbons (Fsp3) is 0.692. The number of anilines is 1. The number of alkyl halides is 1. The standard InChI is InChI=1S/C13H19FN4O/c14-10-6-12(7-15-11-3-5-19-9-11)18(8-10)13-2-1-4-16-17-13/h1-2,4,10-12,15H,3,5-9H2/t10-,11?,12-/m0/s1. The van der Waals surface area contributed by atoms with Gasteiger partial charge < -0.3 is 15.0 Å². The van der Waals surface area contributed by atoms with Gasteiger partial charge in [-0.2, -0.15) is 5.10 Å². The number of nitrogens with one attached hydrogen (secondary N) is 1. The largest absolute Gasteiger partial charge is 0.380 e. The van der Waals surface area contributed by atoms with E-state index in [0.717, 1.165) is 32.0 Å². The molecule has 0 spiro atoms. The summed E-state index contributed by atoms with van der Waals surface area (Å²) in [4.78, 5) is 2.01. The fourth-order valence-corrected chi connectivity index (χ4v) is 2.78. The topological polar surface area (TPSA) is 50.3 Å². The summed E-state index contributed by atoms with van der Waals surface area (Å²) >= 11 is 0. The molecular weight excluding hydrogens is 247 g/mol. The lowest BCUT2D eigenvalue weighted by Crippen LogP contribution is -2.42. The Hall–Kier alpha value is -1.27. The van der Waals surface area contributed by atoms with Gasteiger partial charge in [0.1, 0.15) is 6.17 Å². The molecule has 2 fully saturated rings. The number of hydrogen-bond acceptors (Lipinski definition) is 5. The highest BCUT2D eigenvalue weighted by Gasteiger charge is 2.33. The number of hydrogen-bond donors (Lipinski definition) is 1. The highest BCUT2D eigenvalue weighted by atomic mass is 19.1. The van der Waals surface area contributed by atoms with Crippen molar-refractivity contribution in [2.24, 2.45) is 0 Å². The zero-order valence-electron chi connectivity index (χ0n) is 10.8. The van der Waals surface area contributed by atoms with E-state index in [1.165, 1.54) is 0 Å². The first-order valence-electron chi connectivity index (χ1n) is 6.82. The molecule has 0 bridgehead atoms. The van der Waals surface area contributed by atoms with E-state index in [0.29, 0.717) is 19.0 Å². The summed E-state index contributed by atoms with van der Waals surface area (Å²) in [6.07, 6.45) is 2.44. The quantitative estimate of drug-likeness (QED) is 0.872. The highest BCUT2D eigenvalue weighted by molar-refractivity contribution is 5.40. The van der Waals surface area contributed by atoms with E-state index >= 15 is 0 Å². The molecule has 19 heavy (non-hydrogen) atoms. The van der Waals surface area contributed by atoms with Gasteiger partial charge in [-0.1, -0.05) is 0 Å². The number of ether oxygens (including phenoxy) is 1. The van der Waals surface area contributed by atoms with Crippen molar-refractivity contribution < 1.29 is 9.13 Å². The average Bonchev–Trinajstić information content (AvgIpc) is 3.06. The first kappa shape index (κ1) is 12.7. The molecule has 0 aromatic carbocycles. The van der Waals surface area contributed by atoms with Crippen LogP contribution in [0.1, 0.15) is 12.8 Å². The molecule has 2 aliphatic heterocycles. The molecule has 0 radical (unpaired) electrons. The van der Waals surface area contributed by atoms with E-state index in [-0.39, 0.29) is 6.04 Å². The molecule has 3 heterocycles. The van der Waals surface area contributed by atoms with E-state index in [1.54, 1.807) is 6.20 Å². The molecule has 0 aliphatic carbocycles. The maximum Gasteiger partial charge on any atom is 0.151 e. The normalized spacial score (nSPS) is 31.0. The summed E-state index contributed by atoms with van der Waals surface area (Å²) in [6, 6.07) is 4.27. The molecule has 2 aliphatic rings. The van der Waals surface area contributed by atoms with Crippen LogP contribution in [0, 0.1) is 0 Å². The summed E-state index contributed by atoms with van der Waals surface area (Å²) in [5.41, 5.74) is 0. The van der Waals surface area contributed by atoms with Crippen molar-refractivity contribution in [1.29, 1.82) is 0 Å². The number of rotatable bonds is 4. The second kappa shape index (κ2) is 5.79. The molecule has 2 saturated heterocycles. The molecule has 0 amide bonds. The Morgan fingerprint density at radius 1 is 1.53 bits per heavy atom. The average molecular weight is 266 g/mol. The van der Waals surface area contributed by atoms with Crippen LogP contribution in [0.5, 0.6) is 0 Å². The van der Waals surface area contributed by atoms with Crippen LogP contribution in [0.2, 0.25) is 0 Å². The third kappa shape index (κ3) is 3.01. The van der Waals surface area contributed by atoms with Crippen molar-refractivity contribution in [3.05, 3.63) is 18.3 Å². The van der Waals surface area contributed by atoms with Crippen LogP contribution in [0.3, 0.4) is 0 Å². The van der Waals surface area contributed by atoms with Gasteiger partial charge >= 0.3 is 0 Å². The van der Waals surface area contributed by atoms with Crippen molar-refractivity contribution in [3.8, 4) is 0 Å². The van der Waals surface area contributed by atoms with E-state index in [4.69, 9.17) is 4.74 Å². The minimum Gasteiger partial charge on any atom is -0.380 e. The van der Waals surface area contributed by atoms with Crippen LogP contribution in [-0.4, -0.2) is 54.8 Å². The first-order valence-corrected chi connectivity index (χ1v) is 6.82. The smallest absolute Gasteiger partial charge is 0.151 e. The van der Waals surface area contributed by atoms with Crippen LogP contribution in [-0.2, 0) is 4.74 Å². The summed E-state index contributed by atoms with van der Waals surface area (Å²) in [7, 11) is 0. The fourth-order valence-electron chi connectivity index (χ4n) is 2.78. The molecule has 1 aromatic rings. The third-order valence-corrected chi connectivity index (χ3v) is 3.79. The Morgan fingerprint density at radius 2 is 2.47 bits per heavy atom. The summed E-state index contributed by atoms with van der Waals surface area (Å²) in [5, 5.41) is 11.4. The maximum absolute atomic E-state index is 13.7. The maximum atomic E-state index is 13.7. The van der Waals surface area contributed by atoms with Crippen LogP contribution in [0.4, 0.5) is 10.2 Å². The number of halogens is 1. The van der Waals surface area contributed by atoms with Crippen LogP contribution >= 0.6 is 0 Å². The molecule has 5 nitrogen and oxygen atoms in total. The monoisotopic (exact) mass is 266 g/mol. The van der Waals surface area contributed by atoms with Gasteiger partial charge in [0.05, 0.1) is 13.2 Å². The van der Waals surface area contributed by atoms with Crippen LogP contribution in [0.15, 0.2) is 18.3 Å². The Bertz CT molecular complexity index is 399. The number of nitrogens with zero attached hydrogens (tertiary/aromatic N) is 3. The van der Waals surface area contributed by atoms with E-state index in [1.807, 2.05) is 17.0 Å². The van der Waals surface area contributed by atoms with Crippen LogP contribution in [0.25, 0.3) is 0 Å². The summed E-state index contributed by atoms with van der Waals surface area (Å²) in [6.45, 7) is 2.76. The Kier molecular flexibility index (Phi) is 3.89. The lowest BCUT2D eigenvalue weighted by atomic mass is 10.2. The van der Waals surface area contributed by atoms with E-state index < -0.39 is 6.17 Å². The predicted molar refractivity (Wildman–Crippen MR) is 69.9 cm³/mol. The minimum absolute atomic E-state index is 0.146. The summed E-state index contributed by atoms with van der Waals surface area (Å²) < 4.78 is 19.0. The second-order valence-electron chi connectivity index (χ2n) is 5.19. The van der Waals surface area contributed by atoms with Crippen molar-refractivity contribution >= 4 is 5.82 Å². The molecule has 104 valence electrons. The zero-order valence-corrected chi connectivity index (χ0v) is 10.8. The highest BCUT2D eigenvalue weighted by Crippen LogP contribution is 2.25. The third-order valence-electron chi connectivity index (χ3n) is 3.79. The summed E-state index contributed by atoms with van der Waals surface area (Å²) in [5.74, 6) is 0.761. The van der Waals surface area contributed by atoms with Crippen molar-refractivity contribution in [2.45, 2.75) is 31.1 Å². The van der Waals surface area contributed by atoms with Crippen molar-refractivity contribution in [3.63, 3.8) is 0 Å². The molecule has 6 heteroatoms. The number of aromatic nitrogens is 2. The predicted octanol–water partition coefficient (Wildman–Crippen LogP) is 0.772. The van der Waals surface area contributed by atoms with Gasteiger partial charge in [0.2, 0.25) is 0 Å². The molecular formula is C13H19FN4O. The van der Waals surface area contributed by atoms with Crippen molar-refractivity contribution in [2.75, 3.05) is 31.2 Å². The SMILES string of the molecule is F[C@H]1C[C@@H](CNC2CCOC2)N(c2cccnn2)C1. The zero-order chi connectivity index (χ0) is 13.1. The van der Waals surface area contributed by atoms with E-state index in [2.05, 4.69) is 15.5 Å².